The molecule has 0 fully saturated rings. The zero-order chi connectivity index (χ0) is 12.1. The molecule has 0 atom stereocenters. The van der Waals surface area contributed by atoms with Gasteiger partial charge in [-0.2, -0.15) is 0 Å². The number of hydrogen-bond acceptors (Lipinski definition) is 3. The van der Waals surface area contributed by atoms with Gasteiger partial charge in [-0.3, -0.25) is 15.1 Å². The number of amides is 1. The number of hydrogen-bond donors (Lipinski definition) is 3. The minimum absolute atomic E-state index is 0. The fourth-order valence-electron chi connectivity index (χ4n) is 1.08. The molecule has 0 aliphatic heterocycles. The van der Waals surface area contributed by atoms with E-state index in [1.54, 1.807) is 6.92 Å². The van der Waals surface area contributed by atoms with E-state index in [0.717, 1.165) is 0 Å². The molecule has 0 unspecified atom stereocenters. The molecule has 0 saturated heterocycles. The van der Waals surface area contributed by atoms with Gasteiger partial charge in [-0.1, -0.05) is 11.6 Å². The fourth-order valence-corrected chi connectivity index (χ4v) is 1.26. The van der Waals surface area contributed by atoms with Crippen molar-refractivity contribution >= 4 is 35.9 Å². The third kappa shape index (κ3) is 4.50. The number of guanidine groups is 1. The largest absolute Gasteiger partial charge is 0.507 e. The van der Waals surface area contributed by atoms with Gasteiger partial charge in [-0.05, 0) is 25.1 Å². The van der Waals surface area contributed by atoms with Crippen LogP contribution in [0.2, 0.25) is 5.02 Å². The number of benzene rings is 1. The van der Waals surface area contributed by atoms with Gasteiger partial charge in [0.25, 0.3) is 5.91 Å². The number of nitrogens with one attached hydrogen (secondary N) is 1. The number of carbonyl (C=O) groups excluding carboxylic acids is 1. The Morgan fingerprint density at radius 1 is 1.59 bits per heavy atom. The lowest BCUT2D eigenvalue weighted by molar-refractivity contribution is 0.0974. The Morgan fingerprint density at radius 2 is 2.24 bits per heavy atom. The van der Waals surface area contributed by atoms with Gasteiger partial charge < -0.3 is 10.8 Å². The monoisotopic (exact) mass is 277 g/mol. The molecule has 0 saturated carbocycles. The van der Waals surface area contributed by atoms with Gasteiger partial charge in [-0.15, -0.1) is 12.4 Å². The molecule has 0 aromatic heterocycles. The number of nitrogens with two attached hydrogens (primary N) is 1. The van der Waals surface area contributed by atoms with E-state index < -0.39 is 5.91 Å². The van der Waals surface area contributed by atoms with Crippen molar-refractivity contribution in [1.29, 1.82) is 0 Å². The minimum atomic E-state index is -0.547. The Kier molecular flexibility index (Phi) is 6.38. The molecule has 0 radical (unpaired) electrons. The number of aromatic hydroxyl groups is 1. The molecule has 5 nitrogen and oxygen atoms in total. The van der Waals surface area contributed by atoms with Crippen molar-refractivity contribution in [1.82, 2.24) is 5.32 Å². The van der Waals surface area contributed by atoms with Crippen LogP contribution in [0.3, 0.4) is 0 Å². The minimum Gasteiger partial charge on any atom is -0.507 e. The molecule has 7 heteroatoms. The van der Waals surface area contributed by atoms with Gasteiger partial charge >= 0.3 is 0 Å². The third-order valence-corrected chi connectivity index (χ3v) is 2.01. The molecule has 0 spiro atoms. The zero-order valence-electron chi connectivity index (χ0n) is 9.11. The van der Waals surface area contributed by atoms with Crippen molar-refractivity contribution in [3.05, 3.63) is 28.8 Å². The quantitative estimate of drug-likeness (QED) is 0.566. The molecule has 0 aliphatic carbocycles. The van der Waals surface area contributed by atoms with Crippen molar-refractivity contribution in [3.8, 4) is 5.75 Å². The molecule has 1 amide bonds. The lowest BCUT2D eigenvalue weighted by Crippen LogP contribution is -2.36. The zero-order valence-corrected chi connectivity index (χ0v) is 10.7. The van der Waals surface area contributed by atoms with Crippen LogP contribution in [-0.4, -0.2) is 23.5 Å². The maximum Gasteiger partial charge on any atom is 0.261 e. The Morgan fingerprint density at radius 3 is 2.82 bits per heavy atom. The maximum absolute atomic E-state index is 11.6. The molecule has 0 aliphatic rings. The highest BCUT2D eigenvalue weighted by Crippen LogP contribution is 2.20. The first kappa shape index (κ1) is 15.5. The van der Waals surface area contributed by atoms with E-state index >= 15 is 0 Å². The Labute approximate surface area is 110 Å². The number of phenols is 1. The van der Waals surface area contributed by atoms with E-state index in [0.29, 0.717) is 11.6 Å². The van der Waals surface area contributed by atoms with Crippen LogP contribution in [0.15, 0.2) is 23.2 Å². The van der Waals surface area contributed by atoms with E-state index in [9.17, 15) is 9.90 Å². The molecule has 94 valence electrons. The number of nitrogens with zero attached hydrogens (tertiary/aromatic N) is 1. The van der Waals surface area contributed by atoms with Gasteiger partial charge in [0.05, 0.1) is 5.56 Å². The number of halogens is 2. The lowest BCUT2D eigenvalue weighted by Gasteiger charge is -2.06. The summed E-state index contributed by atoms with van der Waals surface area (Å²) in [5.41, 5.74) is 5.47. The molecule has 17 heavy (non-hydrogen) atoms. The normalized spacial score (nSPS) is 10.6. The number of rotatable bonds is 2. The van der Waals surface area contributed by atoms with Gasteiger partial charge in [0, 0.05) is 11.6 Å². The summed E-state index contributed by atoms with van der Waals surface area (Å²) in [6.45, 7) is 2.25. The van der Waals surface area contributed by atoms with Crippen LogP contribution >= 0.6 is 24.0 Å². The van der Waals surface area contributed by atoms with E-state index in [1.807, 2.05) is 0 Å². The molecular formula is C10H13Cl2N3O2. The van der Waals surface area contributed by atoms with Crippen molar-refractivity contribution in [2.24, 2.45) is 10.7 Å². The summed E-state index contributed by atoms with van der Waals surface area (Å²) in [6, 6.07) is 4.17. The smallest absolute Gasteiger partial charge is 0.261 e. The molecule has 1 rings (SSSR count). The molecule has 1 aromatic carbocycles. The van der Waals surface area contributed by atoms with Crippen molar-refractivity contribution in [3.63, 3.8) is 0 Å². The summed E-state index contributed by atoms with van der Waals surface area (Å²) >= 11 is 5.71. The van der Waals surface area contributed by atoms with Crippen molar-refractivity contribution in [2.45, 2.75) is 6.92 Å². The summed E-state index contributed by atoms with van der Waals surface area (Å²) in [5, 5.41) is 12.1. The second-order valence-corrected chi connectivity index (χ2v) is 3.41. The average molecular weight is 278 g/mol. The first-order chi connectivity index (χ1) is 7.54. The van der Waals surface area contributed by atoms with Crippen LogP contribution in [0.4, 0.5) is 0 Å². The van der Waals surface area contributed by atoms with Crippen LogP contribution in [0.5, 0.6) is 5.75 Å². The summed E-state index contributed by atoms with van der Waals surface area (Å²) < 4.78 is 0. The predicted octanol–water partition coefficient (Wildman–Crippen LogP) is 1.53. The number of aliphatic imine (C=N–C) groups is 1. The average Bonchev–Trinajstić information content (AvgIpc) is 2.21. The maximum atomic E-state index is 11.6. The topological polar surface area (TPSA) is 87.7 Å². The van der Waals surface area contributed by atoms with E-state index in [-0.39, 0.29) is 29.7 Å². The van der Waals surface area contributed by atoms with Crippen LogP contribution in [0.25, 0.3) is 0 Å². The van der Waals surface area contributed by atoms with Crippen molar-refractivity contribution in [2.75, 3.05) is 6.54 Å². The second-order valence-electron chi connectivity index (χ2n) is 2.98. The standard InChI is InChI=1S/C10H12ClN3O2.ClH/c1-2-13-10(12)14-9(16)7-5-6(11)3-4-8(7)15;/h3-5,15H,2H2,1H3,(H3,12,13,14,16);1H. The Bertz CT molecular complexity index is 436. The van der Waals surface area contributed by atoms with Crippen LogP contribution < -0.4 is 11.1 Å². The highest BCUT2D eigenvalue weighted by atomic mass is 35.5. The first-order valence-corrected chi connectivity index (χ1v) is 5.02. The van der Waals surface area contributed by atoms with Gasteiger partial charge in [0.1, 0.15) is 5.75 Å². The van der Waals surface area contributed by atoms with E-state index in [2.05, 4.69) is 10.3 Å². The molecule has 1 aromatic rings. The third-order valence-electron chi connectivity index (χ3n) is 1.77. The molecular weight excluding hydrogens is 265 g/mol. The van der Waals surface area contributed by atoms with Crippen LogP contribution in [0.1, 0.15) is 17.3 Å². The van der Waals surface area contributed by atoms with Crippen LogP contribution in [-0.2, 0) is 0 Å². The van der Waals surface area contributed by atoms with E-state index in [1.165, 1.54) is 18.2 Å². The summed E-state index contributed by atoms with van der Waals surface area (Å²) in [4.78, 5) is 15.4. The molecule has 4 N–H and O–H groups in total. The molecule has 0 heterocycles. The highest BCUT2D eigenvalue weighted by Gasteiger charge is 2.12. The first-order valence-electron chi connectivity index (χ1n) is 4.64. The lowest BCUT2D eigenvalue weighted by atomic mass is 10.2. The fraction of sp³-hybridized carbons (Fsp3) is 0.200. The number of phenolic OH excluding ortho intramolecular Hbond substituents is 1. The second kappa shape index (κ2) is 6.98. The van der Waals surface area contributed by atoms with Crippen LogP contribution in [0, 0.1) is 0 Å². The Balaban J connectivity index is 0.00000256. The highest BCUT2D eigenvalue weighted by molar-refractivity contribution is 6.31. The summed E-state index contributed by atoms with van der Waals surface area (Å²) in [5.74, 6) is -0.701. The van der Waals surface area contributed by atoms with E-state index in [4.69, 9.17) is 17.3 Å². The SMILES string of the molecule is CCN=C(N)NC(=O)c1cc(Cl)ccc1O.Cl. The Hall–Kier alpha value is -1.46. The van der Waals surface area contributed by atoms with Gasteiger partial charge in [-0.25, -0.2) is 0 Å². The van der Waals surface area contributed by atoms with Gasteiger partial charge in [0.15, 0.2) is 5.96 Å². The summed E-state index contributed by atoms with van der Waals surface area (Å²) in [6.07, 6.45) is 0. The molecule has 0 bridgehead atoms. The predicted molar refractivity (Wildman–Crippen MR) is 70.0 cm³/mol. The summed E-state index contributed by atoms with van der Waals surface area (Å²) in [7, 11) is 0. The number of carbonyl (C=O) groups is 1. The van der Waals surface area contributed by atoms with Gasteiger partial charge in [0.2, 0.25) is 0 Å². The van der Waals surface area contributed by atoms with Crippen molar-refractivity contribution < 1.29 is 9.90 Å².